The van der Waals surface area contributed by atoms with E-state index in [1.807, 2.05) is 6.20 Å². The second-order valence-corrected chi connectivity index (χ2v) is 5.76. The van der Waals surface area contributed by atoms with Gasteiger partial charge in [0, 0.05) is 12.6 Å². The average molecular weight is 262 g/mol. The molecule has 1 saturated carbocycles. The smallest absolute Gasteiger partial charge is 0.147 e. The lowest BCUT2D eigenvalue weighted by Crippen LogP contribution is -2.35. The third-order valence-electron chi connectivity index (χ3n) is 4.00. The number of rotatable bonds is 5. The van der Waals surface area contributed by atoms with Gasteiger partial charge in [-0.3, -0.25) is 4.98 Å². The van der Waals surface area contributed by atoms with Gasteiger partial charge >= 0.3 is 0 Å². The van der Waals surface area contributed by atoms with Crippen molar-refractivity contribution in [2.24, 2.45) is 11.8 Å². The summed E-state index contributed by atoms with van der Waals surface area (Å²) < 4.78 is 0. The van der Waals surface area contributed by atoms with E-state index in [9.17, 15) is 0 Å². The second kappa shape index (κ2) is 6.73. The maximum atomic E-state index is 4.57. The van der Waals surface area contributed by atoms with Crippen LogP contribution in [-0.4, -0.2) is 22.6 Å². The number of hydrogen-bond donors (Lipinski definition) is 2. The van der Waals surface area contributed by atoms with E-state index in [1.165, 1.54) is 25.7 Å². The van der Waals surface area contributed by atoms with Crippen molar-refractivity contribution in [2.75, 3.05) is 17.2 Å². The molecule has 4 heteroatoms. The lowest BCUT2D eigenvalue weighted by molar-refractivity contribution is 0.253. The molecule has 2 atom stereocenters. The summed E-state index contributed by atoms with van der Waals surface area (Å²) in [4.78, 5) is 8.82. The summed E-state index contributed by atoms with van der Waals surface area (Å²) in [6, 6.07) is 0.542. The van der Waals surface area contributed by atoms with Crippen molar-refractivity contribution in [1.82, 2.24) is 9.97 Å². The number of nitrogens with one attached hydrogen (secondary N) is 2. The molecule has 1 fully saturated rings. The molecule has 19 heavy (non-hydrogen) atoms. The first kappa shape index (κ1) is 14.1. The highest BCUT2D eigenvalue weighted by Crippen LogP contribution is 2.31. The van der Waals surface area contributed by atoms with Gasteiger partial charge in [-0.05, 0) is 31.6 Å². The minimum absolute atomic E-state index is 0.542. The molecule has 2 unspecified atom stereocenters. The van der Waals surface area contributed by atoms with Crippen molar-refractivity contribution < 1.29 is 0 Å². The molecule has 1 aliphatic carbocycles. The monoisotopic (exact) mass is 262 g/mol. The summed E-state index contributed by atoms with van der Waals surface area (Å²) in [5.41, 5.74) is 0. The Bertz CT molecular complexity index is 391. The van der Waals surface area contributed by atoms with Crippen molar-refractivity contribution in [2.45, 2.75) is 52.5 Å². The lowest BCUT2D eigenvalue weighted by Gasteiger charge is -2.35. The summed E-state index contributed by atoms with van der Waals surface area (Å²) in [6.45, 7) is 7.59. The molecule has 0 bridgehead atoms. The zero-order valence-corrected chi connectivity index (χ0v) is 12.3. The molecule has 0 radical (unpaired) electrons. The maximum absolute atomic E-state index is 4.57. The largest absolute Gasteiger partial charge is 0.369 e. The predicted molar refractivity (Wildman–Crippen MR) is 80.4 cm³/mol. The first-order valence-corrected chi connectivity index (χ1v) is 7.53. The number of hydrogen-bond acceptors (Lipinski definition) is 4. The maximum Gasteiger partial charge on any atom is 0.147 e. The van der Waals surface area contributed by atoms with Crippen molar-refractivity contribution in [1.29, 1.82) is 0 Å². The van der Waals surface area contributed by atoms with E-state index in [1.54, 1.807) is 6.20 Å². The van der Waals surface area contributed by atoms with Crippen LogP contribution in [0.2, 0.25) is 0 Å². The number of anilines is 2. The van der Waals surface area contributed by atoms with Gasteiger partial charge in [0.15, 0.2) is 0 Å². The van der Waals surface area contributed by atoms with Crippen molar-refractivity contribution >= 4 is 11.6 Å². The van der Waals surface area contributed by atoms with E-state index in [4.69, 9.17) is 0 Å². The van der Waals surface area contributed by atoms with Crippen LogP contribution >= 0.6 is 0 Å². The van der Waals surface area contributed by atoms with Gasteiger partial charge in [0.2, 0.25) is 0 Å². The van der Waals surface area contributed by atoms with Gasteiger partial charge < -0.3 is 10.6 Å². The number of aromatic nitrogens is 2. The fourth-order valence-corrected chi connectivity index (χ4v) is 3.03. The molecule has 2 N–H and O–H groups in total. The summed E-state index contributed by atoms with van der Waals surface area (Å²) in [7, 11) is 0. The zero-order chi connectivity index (χ0) is 13.7. The zero-order valence-electron chi connectivity index (χ0n) is 12.3. The molecule has 0 aromatic carbocycles. The third kappa shape index (κ3) is 3.82. The summed E-state index contributed by atoms with van der Waals surface area (Å²) >= 11 is 0. The predicted octanol–water partition coefficient (Wildman–Crippen LogP) is 3.54. The minimum atomic E-state index is 0.542. The summed E-state index contributed by atoms with van der Waals surface area (Å²) in [6.07, 6.45) is 8.86. The van der Waals surface area contributed by atoms with Crippen LogP contribution in [0.25, 0.3) is 0 Å². The fraction of sp³-hybridized carbons (Fsp3) is 0.733. The molecular formula is C15H26N4. The van der Waals surface area contributed by atoms with E-state index in [0.29, 0.717) is 6.04 Å². The van der Waals surface area contributed by atoms with Gasteiger partial charge in [0.25, 0.3) is 0 Å². The van der Waals surface area contributed by atoms with E-state index in [-0.39, 0.29) is 0 Å². The van der Waals surface area contributed by atoms with E-state index < -0.39 is 0 Å². The molecule has 1 aromatic rings. The Hall–Kier alpha value is -1.32. The molecule has 0 spiro atoms. The van der Waals surface area contributed by atoms with Crippen LogP contribution in [0.15, 0.2) is 12.4 Å². The van der Waals surface area contributed by atoms with Gasteiger partial charge in [-0.1, -0.05) is 26.7 Å². The molecule has 106 valence electrons. The van der Waals surface area contributed by atoms with Crippen LogP contribution in [0, 0.1) is 11.8 Å². The van der Waals surface area contributed by atoms with E-state index in [2.05, 4.69) is 41.4 Å². The second-order valence-electron chi connectivity index (χ2n) is 5.76. The van der Waals surface area contributed by atoms with Crippen molar-refractivity contribution in [3.63, 3.8) is 0 Å². The molecular weight excluding hydrogens is 236 g/mol. The van der Waals surface area contributed by atoms with Crippen LogP contribution < -0.4 is 10.6 Å². The normalized spacial score (nSPS) is 23.4. The third-order valence-corrected chi connectivity index (χ3v) is 4.00. The Morgan fingerprint density at radius 2 is 1.95 bits per heavy atom. The quantitative estimate of drug-likeness (QED) is 0.852. The molecule has 1 aromatic heterocycles. The highest BCUT2D eigenvalue weighted by molar-refractivity contribution is 5.42. The van der Waals surface area contributed by atoms with Crippen LogP contribution in [0.5, 0.6) is 0 Å². The van der Waals surface area contributed by atoms with Crippen LogP contribution in [-0.2, 0) is 0 Å². The Morgan fingerprint density at radius 3 is 2.68 bits per heavy atom. The van der Waals surface area contributed by atoms with Crippen LogP contribution in [0.3, 0.4) is 0 Å². The summed E-state index contributed by atoms with van der Waals surface area (Å²) in [5.74, 6) is 3.22. The van der Waals surface area contributed by atoms with Gasteiger partial charge in [-0.25, -0.2) is 4.98 Å². The molecule has 1 heterocycles. The van der Waals surface area contributed by atoms with Crippen molar-refractivity contribution in [3.8, 4) is 0 Å². The van der Waals surface area contributed by atoms with E-state index in [0.717, 1.165) is 30.0 Å². The molecule has 1 aliphatic rings. The fourth-order valence-electron chi connectivity index (χ4n) is 3.03. The van der Waals surface area contributed by atoms with Crippen molar-refractivity contribution in [3.05, 3.63) is 12.4 Å². The molecule has 0 aliphatic heterocycles. The first-order valence-electron chi connectivity index (χ1n) is 7.53. The van der Waals surface area contributed by atoms with Gasteiger partial charge in [0.1, 0.15) is 11.6 Å². The van der Waals surface area contributed by atoms with Crippen LogP contribution in [0.1, 0.15) is 46.5 Å². The Labute approximate surface area is 116 Å². The van der Waals surface area contributed by atoms with Gasteiger partial charge in [-0.2, -0.15) is 0 Å². The standard InChI is InChI=1S/C15H26N4/c1-4-17-14-9-16-10-15(19-14)18-13-8-6-5-7-12(13)11(2)3/h9-13H,4-8H2,1-3H3,(H2,17,18,19). The Balaban J connectivity index is 2.04. The Kier molecular flexibility index (Phi) is 5.00. The molecule has 0 saturated heterocycles. The molecule has 0 amide bonds. The average Bonchev–Trinajstić information content (AvgIpc) is 2.40. The highest BCUT2D eigenvalue weighted by atomic mass is 15.1. The van der Waals surface area contributed by atoms with Gasteiger partial charge in [-0.15, -0.1) is 0 Å². The highest BCUT2D eigenvalue weighted by Gasteiger charge is 2.27. The first-order chi connectivity index (χ1) is 9.20. The molecule has 4 nitrogen and oxygen atoms in total. The Morgan fingerprint density at radius 1 is 1.21 bits per heavy atom. The minimum Gasteiger partial charge on any atom is -0.369 e. The van der Waals surface area contributed by atoms with Crippen LogP contribution in [0.4, 0.5) is 11.6 Å². The number of nitrogens with zero attached hydrogens (tertiary/aromatic N) is 2. The SMILES string of the molecule is CCNc1cncc(NC2CCCCC2C(C)C)n1. The van der Waals surface area contributed by atoms with E-state index >= 15 is 0 Å². The lowest BCUT2D eigenvalue weighted by atomic mass is 9.78. The molecule has 2 rings (SSSR count). The topological polar surface area (TPSA) is 49.8 Å². The summed E-state index contributed by atoms with van der Waals surface area (Å²) in [5, 5.41) is 6.80. The van der Waals surface area contributed by atoms with Gasteiger partial charge in [0.05, 0.1) is 12.4 Å².